The van der Waals surface area contributed by atoms with Crippen LogP contribution < -0.4 is 5.73 Å². The van der Waals surface area contributed by atoms with E-state index in [1.165, 1.54) is 11.1 Å². The summed E-state index contributed by atoms with van der Waals surface area (Å²) < 4.78 is 5.73. The van der Waals surface area contributed by atoms with Crippen molar-refractivity contribution in [2.24, 2.45) is 11.7 Å². The van der Waals surface area contributed by atoms with Crippen LogP contribution in [0.1, 0.15) is 34.8 Å². The largest absolute Gasteiger partial charge is 0.457 e. The summed E-state index contributed by atoms with van der Waals surface area (Å²) in [5.74, 6) is -0.802. The lowest BCUT2D eigenvalue weighted by Gasteiger charge is -2.18. The first-order chi connectivity index (χ1) is 13.0. The zero-order valence-corrected chi connectivity index (χ0v) is 15.6. The summed E-state index contributed by atoms with van der Waals surface area (Å²) in [4.78, 5) is 26.1. The minimum atomic E-state index is -0.366. The molecule has 1 fully saturated rings. The van der Waals surface area contributed by atoms with E-state index in [2.05, 4.69) is 36.1 Å². The van der Waals surface area contributed by atoms with E-state index < -0.39 is 0 Å². The maximum absolute atomic E-state index is 12.4. The van der Waals surface area contributed by atoms with Crippen LogP contribution in [0, 0.1) is 5.92 Å². The molecule has 1 aliphatic rings. The number of primary amides is 1. The van der Waals surface area contributed by atoms with E-state index in [9.17, 15) is 9.59 Å². The molecule has 1 amide bonds. The third kappa shape index (κ3) is 5.17. The number of nitrogens with two attached hydrogens (primary N) is 1. The number of ether oxygens (including phenoxy) is 1. The van der Waals surface area contributed by atoms with E-state index in [1.54, 1.807) is 24.3 Å². The van der Waals surface area contributed by atoms with Gasteiger partial charge in [0.2, 0.25) is 5.91 Å². The molecule has 0 aliphatic carbocycles. The van der Waals surface area contributed by atoms with Crippen molar-refractivity contribution in [1.82, 2.24) is 4.90 Å². The molecular formula is C22H26N2O3. The Balaban J connectivity index is 1.66. The van der Waals surface area contributed by atoms with E-state index in [0.29, 0.717) is 18.7 Å². The predicted octanol–water partition coefficient (Wildman–Crippen LogP) is 2.78. The van der Waals surface area contributed by atoms with Gasteiger partial charge < -0.3 is 10.5 Å². The Morgan fingerprint density at radius 1 is 1.04 bits per heavy atom. The van der Waals surface area contributed by atoms with E-state index in [0.717, 1.165) is 13.0 Å². The van der Waals surface area contributed by atoms with Crippen LogP contribution >= 0.6 is 0 Å². The second-order valence-corrected chi connectivity index (χ2v) is 7.10. The van der Waals surface area contributed by atoms with Gasteiger partial charge in [-0.2, -0.15) is 0 Å². The fourth-order valence-corrected chi connectivity index (χ4v) is 3.56. The first-order valence-corrected chi connectivity index (χ1v) is 9.39. The molecule has 2 N–H and O–H groups in total. The Morgan fingerprint density at radius 3 is 2.33 bits per heavy atom. The summed E-state index contributed by atoms with van der Waals surface area (Å²) in [6.45, 7) is 4.19. The maximum atomic E-state index is 12.4. The summed E-state index contributed by atoms with van der Waals surface area (Å²) in [5, 5.41) is 0. The van der Waals surface area contributed by atoms with Gasteiger partial charge in [0.25, 0.3) is 0 Å². The number of aryl methyl sites for hydroxylation is 1. The zero-order valence-electron chi connectivity index (χ0n) is 15.6. The molecule has 0 spiro atoms. The number of rotatable bonds is 7. The van der Waals surface area contributed by atoms with Gasteiger partial charge in [-0.3, -0.25) is 9.69 Å². The highest BCUT2D eigenvalue weighted by atomic mass is 16.5. The number of carbonyl (C=O) groups is 2. The summed E-state index contributed by atoms with van der Waals surface area (Å²) >= 11 is 0. The molecule has 3 rings (SSSR count). The van der Waals surface area contributed by atoms with Crippen molar-refractivity contribution in [2.45, 2.75) is 32.4 Å². The van der Waals surface area contributed by atoms with Crippen LogP contribution in [0.3, 0.4) is 0 Å². The van der Waals surface area contributed by atoms with Crippen molar-refractivity contribution >= 4 is 11.9 Å². The van der Waals surface area contributed by atoms with Gasteiger partial charge in [-0.1, -0.05) is 49.4 Å². The normalized spacial score (nSPS) is 19.7. The second kappa shape index (κ2) is 8.82. The number of hydrogen-bond acceptors (Lipinski definition) is 4. The average Bonchev–Trinajstić information content (AvgIpc) is 3.03. The topological polar surface area (TPSA) is 72.6 Å². The third-order valence-corrected chi connectivity index (χ3v) is 5.03. The summed E-state index contributed by atoms with van der Waals surface area (Å²) in [6.07, 6.45) is 0.903. The minimum Gasteiger partial charge on any atom is -0.457 e. The van der Waals surface area contributed by atoms with E-state index in [1.807, 2.05) is 6.07 Å². The molecule has 0 saturated carbocycles. The number of amides is 1. The molecule has 27 heavy (non-hydrogen) atoms. The fraction of sp³-hybridized carbons (Fsp3) is 0.364. The van der Waals surface area contributed by atoms with Gasteiger partial charge in [0.1, 0.15) is 6.10 Å². The van der Waals surface area contributed by atoms with Crippen molar-refractivity contribution in [3.8, 4) is 0 Å². The maximum Gasteiger partial charge on any atom is 0.338 e. The first-order valence-electron chi connectivity index (χ1n) is 9.39. The highest BCUT2D eigenvalue weighted by molar-refractivity contribution is 5.89. The molecule has 2 atom stereocenters. The van der Waals surface area contributed by atoms with Crippen molar-refractivity contribution in [3.05, 3.63) is 71.3 Å². The van der Waals surface area contributed by atoms with Gasteiger partial charge in [-0.25, -0.2) is 4.79 Å². The van der Waals surface area contributed by atoms with Crippen LogP contribution in [0.25, 0.3) is 0 Å². The highest BCUT2D eigenvalue weighted by Crippen LogP contribution is 2.25. The van der Waals surface area contributed by atoms with Crippen molar-refractivity contribution < 1.29 is 14.3 Å². The monoisotopic (exact) mass is 366 g/mol. The molecule has 0 aromatic heterocycles. The first kappa shape index (κ1) is 19.1. The van der Waals surface area contributed by atoms with Crippen LogP contribution in [0.5, 0.6) is 0 Å². The van der Waals surface area contributed by atoms with Crippen LogP contribution in [0.2, 0.25) is 0 Å². The van der Waals surface area contributed by atoms with Gasteiger partial charge in [0.15, 0.2) is 0 Å². The second-order valence-electron chi connectivity index (χ2n) is 7.10. The lowest BCUT2D eigenvalue weighted by Crippen LogP contribution is -2.29. The number of benzene rings is 2. The van der Waals surface area contributed by atoms with Crippen molar-refractivity contribution in [2.75, 3.05) is 13.1 Å². The molecule has 2 aromatic rings. The Bertz CT molecular complexity index is 774. The van der Waals surface area contributed by atoms with Gasteiger partial charge in [0, 0.05) is 32.0 Å². The molecular weight excluding hydrogens is 340 g/mol. The summed E-state index contributed by atoms with van der Waals surface area (Å²) in [7, 11) is 0. The minimum absolute atomic E-state index is 0.0786. The molecule has 2 aromatic carbocycles. The predicted molar refractivity (Wildman–Crippen MR) is 104 cm³/mol. The van der Waals surface area contributed by atoms with Crippen molar-refractivity contribution in [1.29, 1.82) is 0 Å². The number of nitrogens with zero attached hydrogens (tertiary/aromatic N) is 1. The standard InChI is InChI=1S/C22H26N2O3/c1-2-16-8-10-17(11-9-16)13-24-14-19(12-21(23)25)20(15-24)27-22(26)18-6-4-3-5-7-18/h3-11,19-20H,2,12-15H2,1H3,(H2,23,25)/t19-,20+/m0/s1. The van der Waals surface area contributed by atoms with E-state index in [-0.39, 0.29) is 30.3 Å². The SMILES string of the molecule is CCc1ccc(CN2C[C@H](CC(N)=O)[C@H](OC(=O)c3ccccc3)C2)cc1. The highest BCUT2D eigenvalue weighted by Gasteiger charge is 2.36. The molecule has 5 nitrogen and oxygen atoms in total. The quantitative estimate of drug-likeness (QED) is 0.765. The lowest BCUT2D eigenvalue weighted by atomic mass is 10.0. The number of likely N-dealkylation sites (tertiary alicyclic amines) is 1. The Hall–Kier alpha value is -2.66. The van der Waals surface area contributed by atoms with E-state index in [4.69, 9.17) is 10.5 Å². The molecule has 0 unspecified atom stereocenters. The molecule has 0 bridgehead atoms. The lowest BCUT2D eigenvalue weighted by molar-refractivity contribution is -0.119. The smallest absolute Gasteiger partial charge is 0.338 e. The molecule has 1 saturated heterocycles. The number of carbonyl (C=O) groups excluding carboxylic acids is 2. The van der Waals surface area contributed by atoms with Crippen LogP contribution in [0.15, 0.2) is 54.6 Å². The number of hydrogen-bond donors (Lipinski definition) is 1. The van der Waals surface area contributed by atoms with Crippen LogP contribution in [-0.2, 0) is 22.5 Å². The van der Waals surface area contributed by atoms with Gasteiger partial charge in [-0.15, -0.1) is 0 Å². The van der Waals surface area contributed by atoms with Crippen molar-refractivity contribution in [3.63, 3.8) is 0 Å². The van der Waals surface area contributed by atoms with Crippen LogP contribution in [-0.4, -0.2) is 36.0 Å². The Kier molecular flexibility index (Phi) is 6.24. The third-order valence-electron chi connectivity index (χ3n) is 5.03. The average molecular weight is 366 g/mol. The molecule has 1 aliphatic heterocycles. The Morgan fingerprint density at radius 2 is 1.70 bits per heavy atom. The molecule has 0 radical (unpaired) electrons. The van der Waals surface area contributed by atoms with Crippen LogP contribution in [0.4, 0.5) is 0 Å². The summed E-state index contributed by atoms with van der Waals surface area (Å²) in [5.41, 5.74) is 8.44. The van der Waals surface area contributed by atoms with Gasteiger partial charge >= 0.3 is 5.97 Å². The summed E-state index contributed by atoms with van der Waals surface area (Å²) in [6, 6.07) is 17.5. The van der Waals surface area contributed by atoms with Gasteiger partial charge in [0.05, 0.1) is 5.56 Å². The molecule has 142 valence electrons. The van der Waals surface area contributed by atoms with E-state index >= 15 is 0 Å². The fourth-order valence-electron chi connectivity index (χ4n) is 3.56. The Labute approximate surface area is 160 Å². The zero-order chi connectivity index (χ0) is 19.2. The number of esters is 1. The van der Waals surface area contributed by atoms with Gasteiger partial charge in [-0.05, 0) is 29.7 Å². The molecule has 5 heteroatoms. The molecule has 1 heterocycles.